The number of rotatable bonds is 5. The molecule has 0 spiro atoms. The first-order valence-corrected chi connectivity index (χ1v) is 10.3. The summed E-state index contributed by atoms with van der Waals surface area (Å²) in [6, 6.07) is 0.514. The van der Waals surface area contributed by atoms with E-state index in [1.165, 1.54) is 44.8 Å². The first-order valence-electron chi connectivity index (χ1n) is 8.19. The number of sulfone groups is 1. The molecule has 4 saturated carbocycles. The number of hydrogen-bond acceptors (Lipinski definition) is 3. The lowest BCUT2D eigenvalue weighted by Crippen LogP contribution is -2.56. The van der Waals surface area contributed by atoms with Gasteiger partial charge in [-0.05, 0) is 75.5 Å². The predicted octanol–water partition coefficient (Wildman–Crippen LogP) is 2.61. The highest BCUT2D eigenvalue weighted by Crippen LogP contribution is 2.61. The van der Waals surface area contributed by atoms with Crippen LogP contribution in [0.2, 0.25) is 0 Å². The van der Waals surface area contributed by atoms with Crippen LogP contribution in [0.4, 0.5) is 0 Å². The standard InChI is InChI=1S/C16H29NO2S/c1-11(10-20(3,18)19)17-12(2)16-7-13-4-14(8-16)6-15(5-13)9-16/h11-15,17H,4-10H2,1-3H3. The van der Waals surface area contributed by atoms with Gasteiger partial charge in [0.15, 0.2) is 0 Å². The van der Waals surface area contributed by atoms with Crippen LogP contribution in [0.1, 0.15) is 52.4 Å². The second kappa shape index (κ2) is 4.98. The van der Waals surface area contributed by atoms with Crippen LogP contribution < -0.4 is 5.32 Å². The van der Waals surface area contributed by atoms with Crippen LogP contribution >= 0.6 is 0 Å². The van der Waals surface area contributed by atoms with Crippen LogP contribution in [0.15, 0.2) is 0 Å². The van der Waals surface area contributed by atoms with Gasteiger partial charge >= 0.3 is 0 Å². The van der Waals surface area contributed by atoms with Crippen LogP contribution in [0.25, 0.3) is 0 Å². The van der Waals surface area contributed by atoms with E-state index in [1.807, 2.05) is 6.92 Å². The average Bonchev–Trinajstić information content (AvgIpc) is 2.23. The van der Waals surface area contributed by atoms with Gasteiger partial charge in [-0.1, -0.05) is 0 Å². The third kappa shape index (κ3) is 2.92. The monoisotopic (exact) mass is 299 g/mol. The molecule has 0 aliphatic heterocycles. The molecular formula is C16H29NO2S. The van der Waals surface area contributed by atoms with Crippen molar-refractivity contribution in [3.8, 4) is 0 Å². The Morgan fingerprint density at radius 3 is 1.90 bits per heavy atom. The van der Waals surface area contributed by atoms with Gasteiger partial charge in [0.05, 0.1) is 5.75 Å². The van der Waals surface area contributed by atoms with Gasteiger partial charge in [-0.25, -0.2) is 8.42 Å². The first-order chi connectivity index (χ1) is 9.26. The summed E-state index contributed by atoms with van der Waals surface area (Å²) in [5, 5.41) is 3.61. The fraction of sp³-hybridized carbons (Fsp3) is 1.00. The smallest absolute Gasteiger partial charge is 0.148 e. The van der Waals surface area contributed by atoms with E-state index in [1.54, 1.807) is 0 Å². The average molecular weight is 299 g/mol. The third-order valence-corrected chi connectivity index (χ3v) is 7.20. The molecule has 4 heteroatoms. The highest BCUT2D eigenvalue weighted by Gasteiger charge is 2.53. The summed E-state index contributed by atoms with van der Waals surface area (Å²) in [5.41, 5.74) is 0.459. The molecule has 0 amide bonds. The Morgan fingerprint density at radius 2 is 1.50 bits per heavy atom. The normalized spacial score (nSPS) is 42.6. The van der Waals surface area contributed by atoms with Gasteiger partial charge in [0.2, 0.25) is 0 Å². The Labute approximate surface area is 123 Å². The summed E-state index contributed by atoms with van der Waals surface area (Å²) >= 11 is 0. The van der Waals surface area contributed by atoms with Crippen molar-refractivity contribution in [3.05, 3.63) is 0 Å². The van der Waals surface area contributed by atoms with Gasteiger partial charge in [0.25, 0.3) is 0 Å². The predicted molar refractivity (Wildman–Crippen MR) is 82.4 cm³/mol. The van der Waals surface area contributed by atoms with E-state index >= 15 is 0 Å². The van der Waals surface area contributed by atoms with Gasteiger partial charge in [-0.15, -0.1) is 0 Å². The molecule has 3 nitrogen and oxygen atoms in total. The Kier molecular flexibility index (Phi) is 3.69. The lowest BCUT2D eigenvalue weighted by atomic mass is 9.48. The summed E-state index contributed by atoms with van der Waals surface area (Å²) in [6.45, 7) is 4.31. The molecule has 0 aromatic carbocycles. The van der Waals surface area contributed by atoms with Crippen LogP contribution in [-0.4, -0.2) is 32.5 Å². The Hall–Kier alpha value is -0.0900. The van der Waals surface area contributed by atoms with Crippen molar-refractivity contribution in [3.63, 3.8) is 0 Å². The zero-order valence-electron chi connectivity index (χ0n) is 13.1. The van der Waals surface area contributed by atoms with Crippen molar-refractivity contribution in [2.75, 3.05) is 12.0 Å². The summed E-state index contributed by atoms with van der Waals surface area (Å²) in [6.07, 6.45) is 9.84. The van der Waals surface area contributed by atoms with E-state index < -0.39 is 9.84 Å². The minimum atomic E-state index is -2.89. The molecule has 0 saturated heterocycles. The molecule has 4 aliphatic rings. The Morgan fingerprint density at radius 1 is 1.05 bits per heavy atom. The van der Waals surface area contributed by atoms with Gasteiger partial charge in [0, 0.05) is 18.3 Å². The van der Waals surface area contributed by atoms with Crippen molar-refractivity contribution in [2.24, 2.45) is 23.2 Å². The summed E-state index contributed by atoms with van der Waals surface area (Å²) < 4.78 is 22.9. The molecule has 0 radical (unpaired) electrons. The van der Waals surface area contributed by atoms with Crippen molar-refractivity contribution in [1.29, 1.82) is 0 Å². The SMILES string of the molecule is CC(CS(C)(=O)=O)NC(C)C12CC3CC(CC(C3)C1)C2. The van der Waals surface area contributed by atoms with Gasteiger partial charge in [0.1, 0.15) is 9.84 Å². The zero-order valence-corrected chi connectivity index (χ0v) is 13.9. The second-order valence-corrected chi connectivity index (χ2v) is 10.3. The Balaban J connectivity index is 1.66. The molecule has 0 aromatic rings. The van der Waals surface area contributed by atoms with Crippen LogP contribution in [0.3, 0.4) is 0 Å². The quantitative estimate of drug-likeness (QED) is 0.849. The lowest BCUT2D eigenvalue weighted by Gasteiger charge is -2.59. The molecule has 4 fully saturated rings. The number of nitrogens with one attached hydrogen (secondary N) is 1. The minimum absolute atomic E-state index is 0.0630. The lowest BCUT2D eigenvalue weighted by molar-refractivity contribution is -0.0715. The maximum Gasteiger partial charge on any atom is 0.148 e. The van der Waals surface area contributed by atoms with E-state index in [9.17, 15) is 8.42 Å². The van der Waals surface area contributed by atoms with E-state index in [2.05, 4.69) is 12.2 Å². The van der Waals surface area contributed by atoms with Gasteiger partial charge in [-0.3, -0.25) is 0 Å². The van der Waals surface area contributed by atoms with Crippen LogP contribution in [0.5, 0.6) is 0 Å². The maximum absolute atomic E-state index is 11.4. The summed E-state index contributed by atoms with van der Waals surface area (Å²) in [5.74, 6) is 3.12. The summed E-state index contributed by atoms with van der Waals surface area (Å²) in [4.78, 5) is 0. The Bertz CT molecular complexity index is 436. The topological polar surface area (TPSA) is 46.2 Å². The van der Waals surface area contributed by atoms with Crippen molar-refractivity contribution < 1.29 is 8.42 Å². The second-order valence-electron chi connectivity index (χ2n) is 8.16. The molecule has 20 heavy (non-hydrogen) atoms. The van der Waals surface area contributed by atoms with Crippen LogP contribution in [0, 0.1) is 23.2 Å². The number of hydrogen-bond donors (Lipinski definition) is 1. The molecular weight excluding hydrogens is 270 g/mol. The van der Waals surface area contributed by atoms with E-state index in [0.29, 0.717) is 11.5 Å². The highest BCUT2D eigenvalue weighted by atomic mass is 32.2. The zero-order chi connectivity index (χ0) is 14.5. The molecule has 0 heterocycles. The summed E-state index contributed by atoms with van der Waals surface area (Å²) in [7, 11) is -2.89. The molecule has 2 atom stereocenters. The fourth-order valence-corrected chi connectivity index (χ4v) is 6.82. The minimum Gasteiger partial charge on any atom is -0.310 e. The van der Waals surface area contributed by atoms with E-state index in [-0.39, 0.29) is 11.8 Å². The fourth-order valence-electron chi connectivity index (χ4n) is 5.81. The molecule has 0 aromatic heterocycles. The molecule has 116 valence electrons. The van der Waals surface area contributed by atoms with E-state index in [0.717, 1.165) is 17.8 Å². The van der Waals surface area contributed by atoms with Gasteiger partial charge < -0.3 is 5.32 Å². The third-order valence-electron chi connectivity index (χ3n) is 6.09. The molecule has 1 N–H and O–H groups in total. The largest absolute Gasteiger partial charge is 0.310 e. The molecule has 4 bridgehead atoms. The highest BCUT2D eigenvalue weighted by molar-refractivity contribution is 7.90. The molecule has 4 rings (SSSR count). The van der Waals surface area contributed by atoms with Crippen molar-refractivity contribution in [1.82, 2.24) is 5.32 Å². The first kappa shape index (κ1) is 14.8. The molecule has 2 unspecified atom stereocenters. The maximum atomic E-state index is 11.4. The van der Waals surface area contributed by atoms with Gasteiger partial charge in [-0.2, -0.15) is 0 Å². The van der Waals surface area contributed by atoms with Crippen molar-refractivity contribution >= 4 is 9.84 Å². The van der Waals surface area contributed by atoms with Crippen LogP contribution in [-0.2, 0) is 9.84 Å². The van der Waals surface area contributed by atoms with E-state index in [4.69, 9.17) is 0 Å². The molecule has 4 aliphatic carbocycles. The van der Waals surface area contributed by atoms with Crippen molar-refractivity contribution in [2.45, 2.75) is 64.5 Å².